The molecule has 0 saturated carbocycles. The predicted molar refractivity (Wildman–Crippen MR) is 82.4 cm³/mol. The largest absolute Gasteiger partial charge is 0.378 e. The lowest BCUT2D eigenvalue weighted by atomic mass is 10.1. The van der Waals surface area contributed by atoms with Crippen molar-refractivity contribution in [1.82, 2.24) is 0 Å². The fourth-order valence-corrected chi connectivity index (χ4v) is 2.51. The van der Waals surface area contributed by atoms with Gasteiger partial charge in [-0.2, -0.15) is 0 Å². The zero-order valence-corrected chi connectivity index (χ0v) is 12.7. The number of benzene rings is 2. The average molecular weight is 325 g/mol. The van der Waals surface area contributed by atoms with Crippen LogP contribution >= 0.6 is 27.5 Å². The van der Waals surface area contributed by atoms with Crippen molar-refractivity contribution in [3.63, 3.8) is 0 Å². The summed E-state index contributed by atoms with van der Waals surface area (Å²) in [5.74, 6) is 0. The van der Waals surface area contributed by atoms with Crippen molar-refractivity contribution in [2.24, 2.45) is 0 Å². The molecule has 2 aromatic rings. The summed E-state index contributed by atoms with van der Waals surface area (Å²) in [7, 11) is 0. The number of anilines is 1. The highest BCUT2D eigenvalue weighted by Gasteiger charge is 2.09. The number of hydrogen-bond donors (Lipinski definition) is 1. The topological polar surface area (TPSA) is 12.0 Å². The summed E-state index contributed by atoms with van der Waals surface area (Å²) in [6.45, 7) is 4.18. The molecule has 18 heavy (non-hydrogen) atoms. The van der Waals surface area contributed by atoms with Crippen LogP contribution in [0.2, 0.25) is 5.02 Å². The Balaban J connectivity index is 2.19. The number of rotatable bonds is 3. The molecule has 1 N–H and O–H groups in total. The Morgan fingerprint density at radius 2 is 1.89 bits per heavy atom. The average Bonchev–Trinajstić information content (AvgIpc) is 2.34. The number of hydrogen-bond acceptors (Lipinski definition) is 1. The molecule has 0 aliphatic heterocycles. The molecule has 1 nitrogen and oxygen atoms in total. The van der Waals surface area contributed by atoms with E-state index in [-0.39, 0.29) is 6.04 Å². The molecule has 2 rings (SSSR count). The van der Waals surface area contributed by atoms with Gasteiger partial charge in [0, 0.05) is 21.2 Å². The summed E-state index contributed by atoms with van der Waals surface area (Å²) in [4.78, 5) is 0. The van der Waals surface area contributed by atoms with Gasteiger partial charge in [-0.25, -0.2) is 0 Å². The van der Waals surface area contributed by atoms with Gasteiger partial charge in [0.25, 0.3) is 0 Å². The van der Waals surface area contributed by atoms with Gasteiger partial charge in [-0.15, -0.1) is 0 Å². The molecule has 0 aliphatic carbocycles. The van der Waals surface area contributed by atoms with E-state index in [4.69, 9.17) is 11.6 Å². The highest BCUT2D eigenvalue weighted by atomic mass is 79.9. The molecule has 0 heterocycles. The minimum atomic E-state index is 0.174. The maximum absolute atomic E-state index is 6.19. The Morgan fingerprint density at radius 1 is 1.17 bits per heavy atom. The van der Waals surface area contributed by atoms with Gasteiger partial charge in [-0.1, -0.05) is 51.8 Å². The van der Waals surface area contributed by atoms with Crippen molar-refractivity contribution in [1.29, 1.82) is 0 Å². The van der Waals surface area contributed by atoms with E-state index in [1.807, 2.05) is 24.3 Å². The van der Waals surface area contributed by atoms with Gasteiger partial charge in [-0.05, 0) is 43.2 Å². The van der Waals surface area contributed by atoms with Gasteiger partial charge in [0.2, 0.25) is 0 Å². The maximum atomic E-state index is 6.19. The van der Waals surface area contributed by atoms with Gasteiger partial charge in [0.1, 0.15) is 0 Å². The van der Waals surface area contributed by atoms with Crippen LogP contribution in [0.4, 0.5) is 5.69 Å². The minimum absolute atomic E-state index is 0.174. The Hall–Kier alpha value is -0.990. The first-order chi connectivity index (χ1) is 8.58. The first-order valence-electron chi connectivity index (χ1n) is 5.85. The van der Waals surface area contributed by atoms with E-state index in [2.05, 4.69) is 53.3 Å². The molecule has 2 aromatic carbocycles. The minimum Gasteiger partial charge on any atom is -0.378 e. The molecule has 0 amide bonds. The molecular weight excluding hydrogens is 310 g/mol. The number of aryl methyl sites for hydroxylation is 1. The summed E-state index contributed by atoms with van der Waals surface area (Å²) in [5.41, 5.74) is 3.42. The molecule has 0 spiro atoms. The van der Waals surface area contributed by atoms with Gasteiger partial charge in [0.05, 0.1) is 0 Å². The predicted octanol–water partition coefficient (Wildman–Crippen LogP) is 5.58. The quantitative estimate of drug-likeness (QED) is 0.776. The van der Waals surface area contributed by atoms with Crippen molar-refractivity contribution in [3.8, 4) is 0 Å². The number of nitrogens with one attached hydrogen (secondary N) is 1. The molecule has 0 bridgehead atoms. The summed E-state index contributed by atoms with van der Waals surface area (Å²) >= 11 is 9.73. The van der Waals surface area contributed by atoms with Crippen LogP contribution in [-0.4, -0.2) is 0 Å². The smallest absolute Gasteiger partial charge is 0.0500 e. The molecular formula is C15H15BrClN. The summed E-state index contributed by atoms with van der Waals surface area (Å²) in [6.07, 6.45) is 0. The molecule has 0 radical (unpaired) electrons. The Bertz CT molecular complexity index is 554. The van der Waals surface area contributed by atoms with Crippen molar-refractivity contribution in [2.75, 3.05) is 5.32 Å². The fourth-order valence-electron chi connectivity index (χ4n) is 1.84. The molecule has 0 aliphatic rings. The highest BCUT2D eigenvalue weighted by molar-refractivity contribution is 9.10. The second-order valence-corrected chi connectivity index (χ2v) is 5.61. The summed E-state index contributed by atoms with van der Waals surface area (Å²) in [6, 6.07) is 14.3. The van der Waals surface area contributed by atoms with E-state index in [0.717, 1.165) is 20.7 Å². The molecule has 1 unspecified atom stereocenters. The monoisotopic (exact) mass is 323 g/mol. The molecule has 1 atom stereocenters. The van der Waals surface area contributed by atoms with Crippen LogP contribution in [0.3, 0.4) is 0 Å². The third kappa shape index (κ3) is 3.06. The zero-order valence-electron chi connectivity index (χ0n) is 10.4. The summed E-state index contributed by atoms with van der Waals surface area (Å²) in [5, 5.41) is 4.25. The molecule has 94 valence electrons. The van der Waals surface area contributed by atoms with Gasteiger partial charge < -0.3 is 5.32 Å². The van der Waals surface area contributed by atoms with E-state index in [9.17, 15) is 0 Å². The van der Waals surface area contributed by atoms with Crippen LogP contribution in [0, 0.1) is 6.92 Å². The van der Waals surface area contributed by atoms with Crippen LogP contribution in [0.25, 0.3) is 0 Å². The molecule has 0 saturated heterocycles. The van der Waals surface area contributed by atoms with Crippen molar-refractivity contribution >= 4 is 33.2 Å². The van der Waals surface area contributed by atoms with Crippen molar-refractivity contribution in [2.45, 2.75) is 19.9 Å². The van der Waals surface area contributed by atoms with Crippen LogP contribution in [0.5, 0.6) is 0 Å². The lowest BCUT2D eigenvalue weighted by Gasteiger charge is -2.17. The van der Waals surface area contributed by atoms with Crippen LogP contribution < -0.4 is 5.32 Å². The highest BCUT2D eigenvalue weighted by Crippen LogP contribution is 2.27. The second kappa shape index (κ2) is 5.77. The standard InChI is InChI=1S/C15H15BrClN/c1-10-7-8-12(9-14(10)16)18-11(2)13-5-3-4-6-15(13)17/h3-9,11,18H,1-2H3. The van der Waals surface area contributed by atoms with Crippen LogP contribution in [0.15, 0.2) is 46.9 Å². The Morgan fingerprint density at radius 3 is 2.56 bits per heavy atom. The zero-order chi connectivity index (χ0) is 13.1. The summed E-state index contributed by atoms with van der Waals surface area (Å²) < 4.78 is 1.11. The van der Waals surface area contributed by atoms with E-state index in [0.29, 0.717) is 0 Å². The third-order valence-electron chi connectivity index (χ3n) is 2.93. The Labute approximate surface area is 121 Å². The normalized spacial score (nSPS) is 12.2. The SMILES string of the molecule is Cc1ccc(NC(C)c2ccccc2Cl)cc1Br. The number of halogens is 2. The maximum Gasteiger partial charge on any atom is 0.0500 e. The first-order valence-corrected chi connectivity index (χ1v) is 7.02. The molecule has 0 fully saturated rings. The van der Waals surface area contributed by atoms with Gasteiger partial charge in [-0.3, -0.25) is 0 Å². The lowest BCUT2D eigenvalue weighted by molar-refractivity contribution is 0.885. The van der Waals surface area contributed by atoms with Crippen molar-refractivity contribution in [3.05, 3.63) is 63.1 Å². The second-order valence-electron chi connectivity index (χ2n) is 4.35. The third-order valence-corrected chi connectivity index (χ3v) is 4.13. The Kier molecular flexibility index (Phi) is 4.31. The molecule has 0 aromatic heterocycles. The first kappa shape index (κ1) is 13.4. The van der Waals surface area contributed by atoms with Gasteiger partial charge >= 0.3 is 0 Å². The van der Waals surface area contributed by atoms with E-state index < -0.39 is 0 Å². The van der Waals surface area contributed by atoms with E-state index >= 15 is 0 Å². The molecule has 3 heteroatoms. The fraction of sp³-hybridized carbons (Fsp3) is 0.200. The van der Waals surface area contributed by atoms with Crippen molar-refractivity contribution < 1.29 is 0 Å². The van der Waals surface area contributed by atoms with E-state index in [1.54, 1.807) is 0 Å². The van der Waals surface area contributed by atoms with Crippen LogP contribution in [0.1, 0.15) is 24.1 Å². The van der Waals surface area contributed by atoms with Gasteiger partial charge in [0.15, 0.2) is 0 Å². The van der Waals surface area contributed by atoms with E-state index in [1.165, 1.54) is 5.56 Å². The lowest BCUT2D eigenvalue weighted by Crippen LogP contribution is -2.07. The van der Waals surface area contributed by atoms with Crippen LogP contribution in [-0.2, 0) is 0 Å².